The van der Waals surface area contributed by atoms with Gasteiger partial charge in [-0.2, -0.15) is 0 Å². The normalized spacial score (nSPS) is 9.96. The third kappa shape index (κ3) is 4.98. The van der Waals surface area contributed by atoms with Crippen molar-refractivity contribution < 1.29 is 28.9 Å². The van der Waals surface area contributed by atoms with Crippen molar-refractivity contribution in [3.8, 4) is 5.75 Å². The van der Waals surface area contributed by atoms with Crippen LogP contribution in [0, 0.1) is 20.2 Å². The van der Waals surface area contributed by atoms with E-state index in [0.717, 1.165) is 18.2 Å². The topological polar surface area (TPSA) is 151 Å². The van der Waals surface area contributed by atoms with Gasteiger partial charge in [-0.1, -0.05) is 6.07 Å². The lowest BCUT2D eigenvalue weighted by molar-refractivity contribution is -0.394. The van der Waals surface area contributed by atoms with Crippen molar-refractivity contribution in [2.45, 2.75) is 0 Å². The van der Waals surface area contributed by atoms with Gasteiger partial charge < -0.3 is 14.8 Å². The summed E-state index contributed by atoms with van der Waals surface area (Å²) in [6.45, 7) is -0.582. The Kier molecular flexibility index (Phi) is 5.99. The minimum absolute atomic E-state index is 0.224. The Morgan fingerprint density at radius 3 is 2.44 bits per heavy atom. The molecule has 2 aromatic carbocycles. The molecule has 2 aromatic rings. The average Bonchev–Trinajstić information content (AvgIpc) is 2.65. The van der Waals surface area contributed by atoms with Gasteiger partial charge in [-0.3, -0.25) is 25.0 Å². The number of nitro benzene ring substituents is 2. The zero-order chi connectivity index (χ0) is 20.0. The fourth-order valence-electron chi connectivity index (χ4n) is 2.07. The van der Waals surface area contributed by atoms with Crippen LogP contribution in [0.15, 0.2) is 42.5 Å². The minimum Gasteiger partial charge on any atom is -0.477 e. The first-order valence-corrected chi connectivity index (χ1v) is 7.35. The zero-order valence-electron chi connectivity index (χ0n) is 13.9. The molecule has 0 aliphatic carbocycles. The molecule has 0 fully saturated rings. The Bertz CT molecular complexity index is 912. The molecule has 0 saturated heterocycles. The fraction of sp³-hybridized carbons (Fsp3) is 0.125. The predicted octanol–water partition coefficient (Wildman–Crippen LogP) is 2.31. The van der Waals surface area contributed by atoms with Crippen LogP contribution < -0.4 is 10.1 Å². The molecule has 0 radical (unpaired) electrons. The van der Waals surface area contributed by atoms with Crippen molar-refractivity contribution >= 4 is 28.9 Å². The number of rotatable bonds is 7. The molecule has 11 heteroatoms. The van der Waals surface area contributed by atoms with Crippen LogP contribution in [0.1, 0.15) is 10.4 Å². The molecular weight excluding hydrogens is 362 g/mol. The number of nitro groups is 2. The Labute approximate surface area is 151 Å². The average molecular weight is 375 g/mol. The van der Waals surface area contributed by atoms with Gasteiger partial charge in [0.1, 0.15) is 0 Å². The quantitative estimate of drug-likeness (QED) is 0.440. The Hall–Kier alpha value is -4.02. The summed E-state index contributed by atoms with van der Waals surface area (Å²) in [7, 11) is 1.22. The van der Waals surface area contributed by atoms with Gasteiger partial charge in [0.15, 0.2) is 12.4 Å². The summed E-state index contributed by atoms with van der Waals surface area (Å²) in [5, 5.41) is 24.2. The van der Waals surface area contributed by atoms with E-state index in [-0.39, 0.29) is 11.3 Å². The Morgan fingerprint density at radius 2 is 1.81 bits per heavy atom. The van der Waals surface area contributed by atoms with E-state index >= 15 is 0 Å². The summed E-state index contributed by atoms with van der Waals surface area (Å²) in [6, 6.07) is 8.76. The van der Waals surface area contributed by atoms with Crippen LogP contribution in [-0.2, 0) is 9.53 Å². The van der Waals surface area contributed by atoms with Crippen LogP contribution in [-0.4, -0.2) is 35.4 Å². The van der Waals surface area contributed by atoms with E-state index in [1.54, 1.807) is 0 Å². The molecular formula is C16H13N3O8. The number of ether oxygens (including phenoxy) is 2. The maximum absolute atomic E-state index is 12.0. The van der Waals surface area contributed by atoms with Crippen LogP contribution in [0.25, 0.3) is 0 Å². The molecule has 0 heterocycles. The van der Waals surface area contributed by atoms with Crippen LogP contribution in [0.2, 0.25) is 0 Å². The molecule has 2 rings (SSSR count). The van der Waals surface area contributed by atoms with Gasteiger partial charge in [-0.25, -0.2) is 4.79 Å². The van der Waals surface area contributed by atoms with Crippen LogP contribution in [0.3, 0.4) is 0 Å². The molecule has 11 nitrogen and oxygen atoms in total. The molecule has 140 valence electrons. The number of carbonyl (C=O) groups excluding carboxylic acids is 2. The van der Waals surface area contributed by atoms with Crippen molar-refractivity contribution in [3.05, 3.63) is 68.3 Å². The third-order valence-corrected chi connectivity index (χ3v) is 3.28. The summed E-state index contributed by atoms with van der Waals surface area (Å²) in [5.41, 5.74) is -0.588. The van der Waals surface area contributed by atoms with Gasteiger partial charge in [0.05, 0.1) is 28.6 Å². The number of esters is 1. The number of benzene rings is 2. The lowest BCUT2D eigenvalue weighted by atomic mass is 10.2. The SMILES string of the molecule is COC(=O)c1cccc(NC(=O)COc2ccc([N+](=O)[O-])cc2[N+](=O)[O-])c1. The third-order valence-electron chi connectivity index (χ3n) is 3.28. The van der Waals surface area contributed by atoms with Crippen LogP contribution in [0.5, 0.6) is 5.75 Å². The highest BCUT2D eigenvalue weighted by Gasteiger charge is 2.21. The van der Waals surface area contributed by atoms with E-state index in [1.165, 1.54) is 31.4 Å². The highest BCUT2D eigenvalue weighted by atomic mass is 16.6. The molecule has 27 heavy (non-hydrogen) atoms. The van der Waals surface area contributed by atoms with E-state index in [0.29, 0.717) is 5.69 Å². The van der Waals surface area contributed by atoms with Crippen LogP contribution in [0.4, 0.5) is 17.1 Å². The number of anilines is 1. The summed E-state index contributed by atoms with van der Waals surface area (Å²) in [6.07, 6.45) is 0. The number of carbonyl (C=O) groups is 2. The standard InChI is InChI=1S/C16H13N3O8/c1-26-16(21)10-3-2-4-11(7-10)17-15(20)9-27-14-6-5-12(18(22)23)8-13(14)19(24)25/h2-8H,9H2,1H3,(H,17,20). The Balaban J connectivity index is 2.07. The number of nitrogens with one attached hydrogen (secondary N) is 1. The van der Waals surface area contributed by atoms with Gasteiger partial charge in [0.25, 0.3) is 11.6 Å². The van der Waals surface area contributed by atoms with E-state index in [4.69, 9.17) is 4.74 Å². The molecule has 0 bridgehead atoms. The molecule has 0 spiro atoms. The van der Waals surface area contributed by atoms with Gasteiger partial charge in [0, 0.05) is 11.8 Å². The zero-order valence-corrected chi connectivity index (χ0v) is 13.9. The smallest absolute Gasteiger partial charge is 0.337 e. The summed E-state index contributed by atoms with van der Waals surface area (Å²) in [4.78, 5) is 43.5. The largest absolute Gasteiger partial charge is 0.477 e. The maximum Gasteiger partial charge on any atom is 0.337 e. The lowest BCUT2D eigenvalue weighted by Crippen LogP contribution is -2.20. The predicted molar refractivity (Wildman–Crippen MR) is 91.7 cm³/mol. The van der Waals surface area contributed by atoms with E-state index in [1.807, 2.05) is 0 Å². The Morgan fingerprint density at radius 1 is 1.07 bits per heavy atom. The van der Waals surface area contributed by atoms with E-state index < -0.39 is 39.7 Å². The van der Waals surface area contributed by atoms with Gasteiger partial charge >= 0.3 is 11.7 Å². The minimum atomic E-state index is -0.847. The summed E-state index contributed by atoms with van der Waals surface area (Å²) < 4.78 is 9.67. The lowest BCUT2D eigenvalue weighted by Gasteiger charge is -2.08. The van der Waals surface area contributed by atoms with Crippen molar-refractivity contribution in [1.29, 1.82) is 0 Å². The number of hydrogen-bond acceptors (Lipinski definition) is 8. The molecule has 0 saturated carbocycles. The van der Waals surface area contributed by atoms with E-state index in [2.05, 4.69) is 10.1 Å². The molecule has 0 aliphatic heterocycles. The number of hydrogen-bond donors (Lipinski definition) is 1. The fourth-order valence-corrected chi connectivity index (χ4v) is 2.07. The molecule has 0 atom stereocenters. The highest BCUT2D eigenvalue weighted by molar-refractivity contribution is 5.95. The summed E-state index contributed by atoms with van der Waals surface area (Å²) in [5.74, 6) is -1.52. The summed E-state index contributed by atoms with van der Waals surface area (Å²) >= 11 is 0. The second-order valence-corrected chi connectivity index (χ2v) is 5.08. The number of non-ortho nitro benzene ring substituents is 1. The second-order valence-electron chi connectivity index (χ2n) is 5.08. The number of nitrogens with zero attached hydrogens (tertiary/aromatic N) is 2. The number of amides is 1. The first-order chi connectivity index (χ1) is 12.8. The second kappa shape index (κ2) is 8.38. The first kappa shape index (κ1) is 19.3. The molecule has 0 unspecified atom stereocenters. The molecule has 0 aliphatic rings. The monoisotopic (exact) mass is 375 g/mol. The highest BCUT2D eigenvalue weighted by Crippen LogP contribution is 2.30. The van der Waals surface area contributed by atoms with Crippen LogP contribution >= 0.6 is 0 Å². The van der Waals surface area contributed by atoms with Crippen molar-refractivity contribution in [2.24, 2.45) is 0 Å². The number of methoxy groups -OCH3 is 1. The van der Waals surface area contributed by atoms with Crippen molar-refractivity contribution in [3.63, 3.8) is 0 Å². The van der Waals surface area contributed by atoms with Gasteiger partial charge in [-0.15, -0.1) is 0 Å². The van der Waals surface area contributed by atoms with Crippen molar-refractivity contribution in [1.82, 2.24) is 0 Å². The molecule has 1 amide bonds. The maximum atomic E-state index is 12.0. The van der Waals surface area contributed by atoms with Gasteiger partial charge in [0.2, 0.25) is 0 Å². The van der Waals surface area contributed by atoms with Crippen molar-refractivity contribution in [2.75, 3.05) is 19.0 Å². The molecule has 0 aromatic heterocycles. The first-order valence-electron chi connectivity index (χ1n) is 7.35. The molecule has 1 N–H and O–H groups in total. The van der Waals surface area contributed by atoms with Gasteiger partial charge in [-0.05, 0) is 24.3 Å². The van der Waals surface area contributed by atoms with E-state index in [9.17, 15) is 29.8 Å².